The first-order chi connectivity index (χ1) is 10.8. The lowest BCUT2D eigenvalue weighted by molar-refractivity contribution is -0.188. The zero-order valence-electron chi connectivity index (χ0n) is 12.8. The van der Waals surface area contributed by atoms with Crippen molar-refractivity contribution in [1.29, 1.82) is 0 Å². The standard InChI is InChI=1S/C13H20ClN5O4/c1-13(2)22-8-5(21-6(4-20)9(8)23-13)3-17-11-7(15)10(14)18-12(16)19-11/h5-6,8-9,20H,3-4,15H2,1-2H3,(H3,16,17,18,19)/t5-,6+,8-,9+/m0/s1. The zero-order valence-corrected chi connectivity index (χ0v) is 13.6. The van der Waals surface area contributed by atoms with Crippen molar-refractivity contribution < 1.29 is 19.3 Å². The zero-order chi connectivity index (χ0) is 16.8. The average Bonchev–Trinajstić information content (AvgIpc) is 2.94. The fourth-order valence-electron chi connectivity index (χ4n) is 2.87. The van der Waals surface area contributed by atoms with Gasteiger partial charge in [-0.1, -0.05) is 11.6 Å². The van der Waals surface area contributed by atoms with E-state index in [1.165, 1.54) is 0 Å². The van der Waals surface area contributed by atoms with Gasteiger partial charge in [-0.15, -0.1) is 0 Å². The molecule has 4 atom stereocenters. The lowest BCUT2D eigenvalue weighted by Crippen LogP contribution is -2.35. The number of aliphatic hydroxyl groups excluding tert-OH is 1. The van der Waals surface area contributed by atoms with E-state index in [-0.39, 0.29) is 41.7 Å². The molecule has 0 radical (unpaired) electrons. The van der Waals surface area contributed by atoms with Gasteiger partial charge in [0.05, 0.1) is 6.61 Å². The van der Waals surface area contributed by atoms with Crippen molar-refractivity contribution in [3.05, 3.63) is 5.15 Å². The molecule has 0 spiro atoms. The Balaban J connectivity index is 1.71. The van der Waals surface area contributed by atoms with E-state index < -0.39 is 11.9 Å². The summed E-state index contributed by atoms with van der Waals surface area (Å²) in [6, 6.07) is 0. The molecule has 0 amide bonds. The normalized spacial score (nSPS) is 32.0. The van der Waals surface area contributed by atoms with Gasteiger partial charge in [0, 0.05) is 6.54 Å². The number of anilines is 3. The molecule has 3 heterocycles. The van der Waals surface area contributed by atoms with Crippen LogP contribution >= 0.6 is 11.6 Å². The van der Waals surface area contributed by atoms with Crippen LogP contribution < -0.4 is 16.8 Å². The number of nitrogens with zero attached hydrogens (tertiary/aromatic N) is 2. The van der Waals surface area contributed by atoms with Gasteiger partial charge in [-0.3, -0.25) is 0 Å². The third-order valence-electron chi connectivity index (χ3n) is 3.81. The molecule has 0 bridgehead atoms. The first-order valence-electron chi connectivity index (χ1n) is 7.25. The van der Waals surface area contributed by atoms with E-state index in [4.69, 9.17) is 37.3 Å². The molecule has 9 nitrogen and oxygen atoms in total. The van der Waals surface area contributed by atoms with Gasteiger partial charge < -0.3 is 36.1 Å². The third kappa shape index (κ3) is 3.15. The summed E-state index contributed by atoms with van der Waals surface area (Å²) in [4.78, 5) is 7.79. The first kappa shape index (κ1) is 16.5. The Kier molecular flexibility index (Phi) is 4.23. The SMILES string of the molecule is CC1(C)O[C@@H]2[C@H](O1)[C@@H](CO)O[C@H]2CNc1nc(N)nc(Cl)c1N. The number of rotatable bonds is 4. The number of fused-ring (bicyclic) bond motifs is 1. The number of aromatic nitrogens is 2. The Bertz CT molecular complexity index is 602. The van der Waals surface area contributed by atoms with Gasteiger partial charge in [0.1, 0.15) is 30.1 Å². The lowest BCUT2D eigenvalue weighted by Gasteiger charge is -2.24. The minimum atomic E-state index is -0.716. The minimum Gasteiger partial charge on any atom is -0.394 e. The number of hydrogen-bond acceptors (Lipinski definition) is 9. The van der Waals surface area contributed by atoms with Crippen molar-refractivity contribution in [1.82, 2.24) is 9.97 Å². The summed E-state index contributed by atoms with van der Waals surface area (Å²) in [5.41, 5.74) is 11.6. The van der Waals surface area contributed by atoms with E-state index in [2.05, 4.69) is 15.3 Å². The molecule has 6 N–H and O–H groups in total. The monoisotopic (exact) mass is 345 g/mol. The number of nitrogens with one attached hydrogen (secondary N) is 1. The molecule has 10 heteroatoms. The largest absolute Gasteiger partial charge is 0.394 e. The highest BCUT2D eigenvalue weighted by Crippen LogP contribution is 2.38. The van der Waals surface area contributed by atoms with Gasteiger partial charge in [-0.25, -0.2) is 0 Å². The van der Waals surface area contributed by atoms with Crippen LogP contribution in [0.15, 0.2) is 0 Å². The summed E-state index contributed by atoms with van der Waals surface area (Å²) >= 11 is 5.88. The molecule has 2 aliphatic rings. The second kappa shape index (κ2) is 5.91. The number of hydrogen-bond donors (Lipinski definition) is 4. The lowest BCUT2D eigenvalue weighted by atomic mass is 10.1. The van der Waals surface area contributed by atoms with Crippen LogP contribution in [0.2, 0.25) is 5.15 Å². The third-order valence-corrected chi connectivity index (χ3v) is 4.10. The molecule has 2 fully saturated rings. The predicted molar refractivity (Wildman–Crippen MR) is 83.9 cm³/mol. The number of nitrogen functional groups attached to an aromatic ring is 2. The number of ether oxygens (including phenoxy) is 3. The molecule has 0 saturated carbocycles. The molecule has 2 aliphatic heterocycles. The van der Waals surface area contributed by atoms with Gasteiger partial charge in [-0.2, -0.15) is 9.97 Å². The molecular weight excluding hydrogens is 326 g/mol. The maximum Gasteiger partial charge on any atom is 0.223 e. The molecule has 23 heavy (non-hydrogen) atoms. The summed E-state index contributed by atoms with van der Waals surface area (Å²) in [5, 5.41) is 12.6. The molecule has 1 aromatic rings. The minimum absolute atomic E-state index is 0.0201. The summed E-state index contributed by atoms with van der Waals surface area (Å²) in [5.74, 6) is -0.369. The van der Waals surface area contributed by atoms with Crippen LogP contribution in [0.4, 0.5) is 17.5 Å². The van der Waals surface area contributed by atoms with Crippen LogP contribution in [0.5, 0.6) is 0 Å². The molecular formula is C13H20ClN5O4. The van der Waals surface area contributed by atoms with Crippen molar-refractivity contribution in [3.8, 4) is 0 Å². The Morgan fingerprint density at radius 3 is 2.52 bits per heavy atom. The van der Waals surface area contributed by atoms with E-state index in [9.17, 15) is 5.11 Å². The van der Waals surface area contributed by atoms with E-state index in [0.29, 0.717) is 12.4 Å². The van der Waals surface area contributed by atoms with Gasteiger partial charge in [0.15, 0.2) is 16.8 Å². The van der Waals surface area contributed by atoms with Crippen molar-refractivity contribution in [2.24, 2.45) is 0 Å². The van der Waals surface area contributed by atoms with Crippen LogP contribution in [0.25, 0.3) is 0 Å². The van der Waals surface area contributed by atoms with Crippen molar-refractivity contribution >= 4 is 29.1 Å². The first-order valence-corrected chi connectivity index (χ1v) is 7.63. The van der Waals surface area contributed by atoms with Gasteiger partial charge in [-0.05, 0) is 13.8 Å². The maximum atomic E-state index is 9.45. The van der Waals surface area contributed by atoms with Gasteiger partial charge in [0.25, 0.3) is 0 Å². The Morgan fingerprint density at radius 1 is 1.22 bits per heavy atom. The molecule has 3 rings (SSSR count). The summed E-state index contributed by atoms with van der Waals surface area (Å²) in [6.45, 7) is 3.85. The summed E-state index contributed by atoms with van der Waals surface area (Å²) in [7, 11) is 0. The number of nitrogens with two attached hydrogens (primary N) is 2. The molecule has 0 aliphatic carbocycles. The molecule has 0 unspecified atom stereocenters. The molecule has 1 aromatic heterocycles. The fraction of sp³-hybridized carbons (Fsp3) is 0.692. The van der Waals surface area contributed by atoms with Gasteiger partial charge in [0.2, 0.25) is 5.95 Å². The Morgan fingerprint density at radius 2 is 1.87 bits per heavy atom. The van der Waals surface area contributed by atoms with Crippen molar-refractivity contribution in [2.45, 2.75) is 44.1 Å². The highest BCUT2D eigenvalue weighted by atomic mass is 35.5. The Hall–Kier alpha value is -1.39. The second-order valence-electron chi connectivity index (χ2n) is 5.98. The average molecular weight is 346 g/mol. The second-order valence-corrected chi connectivity index (χ2v) is 6.33. The topological polar surface area (TPSA) is 138 Å². The van der Waals surface area contributed by atoms with Crippen LogP contribution in [-0.4, -0.2) is 58.4 Å². The molecule has 128 valence electrons. The smallest absolute Gasteiger partial charge is 0.223 e. The molecule has 0 aromatic carbocycles. The predicted octanol–water partition coefficient (Wildman–Crippen LogP) is -0.0139. The highest BCUT2D eigenvalue weighted by molar-refractivity contribution is 6.32. The quantitative estimate of drug-likeness (QED) is 0.555. The number of aliphatic hydroxyl groups is 1. The number of halogens is 1. The van der Waals surface area contributed by atoms with E-state index in [1.807, 2.05) is 13.8 Å². The van der Waals surface area contributed by atoms with E-state index >= 15 is 0 Å². The molecule has 2 saturated heterocycles. The van der Waals surface area contributed by atoms with Crippen LogP contribution in [0.3, 0.4) is 0 Å². The summed E-state index contributed by atoms with van der Waals surface area (Å²) in [6.07, 6.45) is -1.40. The Labute approximate surface area is 138 Å². The van der Waals surface area contributed by atoms with Crippen molar-refractivity contribution in [2.75, 3.05) is 29.9 Å². The van der Waals surface area contributed by atoms with Crippen LogP contribution in [0, 0.1) is 0 Å². The van der Waals surface area contributed by atoms with E-state index in [1.54, 1.807) is 0 Å². The van der Waals surface area contributed by atoms with Crippen LogP contribution in [0.1, 0.15) is 13.8 Å². The van der Waals surface area contributed by atoms with Gasteiger partial charge >= 0.3 is 0 Å². The van der Waals surface area contributed by atoms with Crippen LogP contribution in [-0.2, 0) is 14.2 Å². The van der Waals surface area contributed by atoms with E-state index in [0.717, 1.165) is 0 Å². The highest BCUT2D eigenvalue weighted by Gasteiger charge is 2.54. The summed E-state index contributed by atoms with van der Waals surface area (Å²) < 4.78 is 17.4. The fourth-order valence-corrected chi connectivity index (χ4v) is 3.05. The maximum absolute atomic E-state index is 9.45. The van der Waals surface area contributed by atoms with Crippen molar-refractivity contribution in [3.63, 3.8) is 0 Å².